The summed E-state index contributed by atoms with van der Waals surface area (Å²) in [4.78, 5) is 39.0. The molecule has 12 nitrogen and oxygen atoms in total. The second-order valence-corrected chi connectivity index (χ2v) is 7.54. The maximum atomic E-state index is 12.2. The summed E-state index contributed by atoms with van der Waals surface area (Å²) >= 11 is 0. The van der Waals surface area contributed by atoms with Crippen LogP contribution in [0.1, 0.15) is 39.5 Å². The minimum atomic E-state index is -1.35. The molecule has 0 saturated carbocycles. The SMILES string of the molecule is CCCCCC(=O)NCC(=O)NC1C(C)OC(Nc2ncnc3nc[nH]c23)C(O)C1O. The van der Waals surface area contributed by atoms with Gasteiger partial charge in [0.1, 0.15) is 24.1 Å². The third kappa shape index (κ3) is 5.66. The molecule has 12 heteroatoms. The van der Waals surface area contributed by atoms with Crippen LogP contribution in [-0.4, -0.2) is 79.1 Å². The van der Waals surface area contributed by atoms with Gasteiger partial charge in [0.2, 0.25) is 11.8 Å². The highest BCUT2D eigenvalue weighted by Crippen LogP contribution is 2.24. The minimum absolute atomic E-state index is 0.198. The largest absolute Gasteiger partial charge is 0.388 e. The number of carbonyl (C=O) groups excluding carboxylic acids is 2. The van der Waals surface area contributed by atoms with Crippen LogP contribution in [0, 0.1) is 0 Å². The fourth-order valence-corrected chi connectivity index (χ4v) is 3.44. The molecule has 1 aliphatic heterocycles. The van der Waals surface area contributed by atoms with Crippen molar-refractivity contribution in [3.05, 3.63) is 12.7 Å². The van der Waals surface area contributed by atoms with Gasteiger partial charge in [0, 0.05) is 6.42 Å². The summed E-state index contributed by atoms with van der Waals surface area (Å²) in [5, 5.41) is 29.2. The Balaban J connectivity index is 1.54. The summed E-state index contributed by atoms with van der Waals surface area (Å²) < 4.78 is 5.79. The van der Waals surface area contributed by atoms with E-state index in [0.717, 1.165) is 19.3 Å². The van der Waals surface area contributed by atoms with Crippen molar-refractivity contribution in [1.82, 2.24) is 30.6 Å². The standard InChI is InChI=1S/C19H29N7O5/c1-3-4-5-6-11(27)20-7-12(28)25-13-10(2)31-19(16(30)15(13)29)26-18-14-17(22-8-21-14)23-9-24-18/h8-10,13,15-16,19,29-30H,3-7H2,1-2H3,(H,20,27)(H,25,28)(H2,21,22,23,24,26). The zero-order valence-corrected chi connectivity index (χ0v) is 17.5. The lowest BCUT2D eigenvalue weighted by Crippen LogP contribution is -2.64. The van der Waals surface area contributed by atoms with Gasteiger partial charge in [0.05, 0.1) is 25.0 Å². The van der Waals surface area contributed by atoms with Crippen LogP contribution in [-0.2, 0) is 14.3 Å². The second-order valence-electron chi connectivity index (χ2n) is 7.54. The van der Waals surface area contributed by atoms with Gasteiger partial charge < -0.3 is 35.9 Å². The Morgan fingerprint density at radius 1 is 1.16 bits per heavy atom. The van der Waals surface area contributed by atoms with Gasteiger partial charge in [0.15, 0.2) is 17.7 Å². The number of aliphatic hydroxyl groups excluding tert-OH is 2. The summed E-state index contributed by atoms with van der Waals surface area (Å²) in [5.41, 5.74) is 0.976. The number of imidazole rings is 1. The Bertz CT molecular complexity index is 891. The van der Waals surface area contributed by atoms with E-state index in [1.807, 2.05) is 6.92 Å². The molecule has 2 aromatic rings. The number of aromatic nitrogens is 4. The molecule has 5 unspecified atom stereocenters. The molecule has 170 valence electrons. The van der Waals surface area contributed by atoms with Gasteiger partial charge in [-0.15, -0.1) is 0 Å². The van der Waals surface area contributed by atoms with Gasteiger partial charge in [-0.25, -0.2) is 15.0 Å². The summed E-state index contributed by atoms with van der Waals surface area (Å²) in [5.74, 6) is -0.312. The Morgan fingerprint density at radius 3 is 2.74 bits per heavy atom. The molecule has 3 rings (SSSR count). The quantitative estimate of drug-likeness (QED) is 0.281. The molecule has 5 atom stereocenters. The number of hydrogen-bond acceptors (Lipinski definition) is 9. The zero-order valence-electron chi connectivity index (χ0n) is 17.5. The molecule has 1 aliphatic rings. The van der Waals surface area contributed by atoms with E-state index in [0.29, 0.717) is 23.4 Å². The fourth-order valence-electron chi connectivity index (χ4n) is 3.44. The molecule has 31 heavy (non-hydrogen) atoms. The summed E-state index contributed by atoms with van der Waals surface area (Å²) in [7, 11) is 0. The lowest BCUT2D eigenvalue weighted by molar-refractivity contribution is -0.172. The van der Waals surface area contributed by atoms with Crippen LogP contribution in [0.4, 0.5) is 5.82 Å². The number of rotatable bonds is 9. The number of fused-ring (bicyclic) bond motifs is 1. The zero-order chi connectivity index (χ0) is 22.4. The van der Waals surface area contributed by atoms with Crippen molar-refractivity contribution in [2.24, 2.45) is 0 Å². The monoisotopic (exact) mass is 435 g/mol. The topological polar surface area (TPSA) is 174 Å². The number of hydrogen-bond donors (Lipinski definition) is 6. The first-order chi connectivity index (χ1) is 14.9. The predicted octanol–water partition coefficient (Wildman–Crippen LogP) is -0.587. The van der Waals surface area contributed by atoms with Crippen molar-refractivity contribution < 1.29 is 24.5 Å². The highest BCUT2D eigenvalue weighted by molar-refractivity contribution is 5.85. The minimum Gasteiger partial charge on any atom is -0.388 e. The van der Waals surface area contributed by atoms with E-state index in [-0.39, 0.29) is 12.5 Å². The average Bonchev–Trinajstić information content (AvgIpc) is 3.23. The van der Waals surface area contributed by atoms with Crippen molar-refractivity contribution in [3.8, 4) is 0 Å². The number of unbranched alkanes of at least 4 members (excludes halogenated alkanes) is 2. The molecule has 0 bridgehead atoms. The molecule has 3 heterocycles. The van der Waals surface area contributed by atoms with Crippen molar-refractivity contribution in [2.45, 2.75) is 70.1 Å². The number of anilines is 1. The van der Waals surface area contributed by atoms with Gasteiger partial charge in [0.25, 0.3) is 0 Å². The van der Waals surface area contributed by atoms with Crippen LogP contribution in [0.2, 0.25) is 0 Å². The average molecular weight is 435 g/mol. The first kappa shape index (κ1) is 22.8. The van der Waals surface area contributed by atoms with Gasteiger partial charge in [-0.2, -0.15) is 0 Å². The van der Waals surface area contributed by atoms with E-state index >= 15 is 0 Å². The molecular weight excluding hydrogens is 406 g/mol. The molecule has 6 N–H and O–H groups in total. The van der Waals surface area contributed by atoms with Crippen molar-refractivity contribution in [2.75, 3.05) is 11.9 Å². The lowest BCUT2D eigenvalue weighted by atomic mass is 9.96. The summed E-state index contributed by atoms with van der Waals surface area (Å²) in [6, 6.07) is -0.852. The Kier molecular flexibility index (Phi) is 7.71. The van der Waals surface area contributed by atoms with Crippen molar-refractivity contribution in [3.63, 3.8) is 0 Å². The van der Waals surface area contributed by atoms with Crippen LogP contribution in [0.15, 0.2) is 12.7 Å². The van der Waals surface area contributed by atoms with Crippen LogP contribution in [0.5, 0.6) is 0 Å². The second kappa shape index (κ2) is 10.5. The number of aliphatic hydroxyl groups is 2. The first-order valence-electron chi connectivity index (χ1n) is 10.4. The number of nitrogens with one attached hydrogen (secondary N) is 4. The maximum absolute atomic E-state index is 12.2. The molecule has 1 saturated heterocycles. The van der Waals surface area contributed by atoms with Gasteiger partial charge in [-0.05, 0) is 13.3 Å². The number of amides is 2. The van der Waals surface area contributed by atoms with Crippen LogP contribution in [0.3, 0.4) is 0 Å². The van der Waals surface area contributed by atoms with Crippen LogP contribution < -0.4 is 16.0 Å². The van der Waals surface area contributed by atoms with E-state index in [1.165, 1.54) is 12.7 Å². The molecule has 0 aliphatic carbocycles. The van der Waals surface area contributed by atoms with E-state index < -0.39 is 36.5 Å². The Morgan fingerprint density at radius 2 is 1.97 bits per heavy atom. The normalized spacial score (nSPS) is 25.9. The number of ether oxygens (including phenoxy) is 1. The highest BCUT2D eigenvalue weighted by atomic mass is 16.5. The van der Waals surface area contributed by atoms with Gasteiger partial charge in [-0.3, -0.25) is 9.59 Å². The van der Waals surface area contributed by atoms with E-state index in [1.54, 1.807) is 6.92 Å². The van der Waals surface area contributed by atoms with Crippen molar-refractivity contribution >= 4 is 28.8 Å². The fraction of sp³-hybridized carbons (Fsp3) is 0.632. The third-order valence-corrected chi connectivity index (χ3v) is 5.18. The van der Waals surface area contributed by atoms with Gasteiger partial charge in [-0.1, -0.05) is 19.8 Å². The third-order valence-electron chi connectivity index (χ3n) is 5.18. The van der Waals surface area contributed by atoms with E-state index in [4.69, 9.17) is 4.74 Å². The van der Waals surface area contributed by atoms with E-state index in [2.05, 4.69) is 35.9 Å². The number of H-pyrrole nitrogens is 1. The smallest absolute Gasteiger partial charge is 0.239 e. The predicted molar refractivity (Wildman–Crippen MR) is 111 cm³/mol. The number of aromatic amines is 1. The van der Waals surface area contributed by atoms with Crippen molar-refractivity contribution in [1.29, 1.82) is 0 Å². The molecule has 0 radical (unpaired) electrons. The maximum Gasteiger partial charge on any atom is 0.239 e. The molecule has 0 aromatic carbocycles. The molecule has 0 spiro atoms. The highest BCUT2D eigenvalue weighted by Gasteiger charge is 2.43. The Labute approximate surface area is 179 Å². The number of carbonyl (C=O) groups is 2. The molecule has 2 aromatic heterocycles. The molecular formula is C19H29N7O5. The molecule has 1 fully saturated rings. The molecule has 2 amide bonds. The lowest BCUT2D eigenvalue weighted by Gasteiger charge is -2.42. The summed E-state index contributed by atoms with van der Waals surface area (Å²) in [6.07, 6.45) is 1.64. The van der Waals surface area contributed by atoms with Crippen LogP contribution >= 0.6 is 0 Å². The Hall–Kier alpha value is -2.83. The van der Waals surface area contributed by atoms with E-state index in [9.17, 15) is 19.8 Å². The first-order valence-corrected chi connectivity index (χ1v) is 10.4. The van der Waals surface area contributed by atoms with Gasteiger partial charge >= 0.3 is 0 Å². The van der Waals surface area contributed by atoms with Crippen LogP contribution in [0.25, 0.3) is 11.2 Å². The number of nitrogens with zero attached hydrogens (tertiary/aromatic N) is 3. The summed E-state index contributed by atoms with van der Waals surface area (Å²) in [6.45, 7) is 3.51.